The third-order valence-electron chi connectivity index (χ3n) is 4.18. The van der Waals surface area contributed by atoms with Crippen LogP contribution in [-0.2, 0) is 11.8 Å². The van der Waals surface area contributed by atoms with Crippen molar-refractivity contribution in [2.75, 3.05) is 24.5 Å². The first kappa shape index (κ1) is 21.4. The van der Waals surface area contributed by atoms with Crippen molar-refractivity contribution in [1.82, 2.24) is 25.1 Å². The van der Waals surface area contributed by atoms with E-state index >= 15 is 0 Å². The van der Waals surface area contributed by atoms with Crippen LogP contribution < -0.4 is 10.2 Å². The van der Waals surface area contributed by atoms with Crippen LogP contribution in [0.15, 0.2) is 18.3 Å². The molecule has 8 nitrogen and oxygen atoms in total. The number of aldehydes is 1. The van der Waals surface area contributed by atoms with E-state index < -0.39 is 12.1 Å². The molecular weight excluding hydrogens is 368 g/mol. The molecule has 0 saturated carbocycles. The molecule has 0 bridgehead atoms. The average Bonchev–Trinajstić information content (AvgIpc) is 3.27. The SMILES string of the molecule is CC1CNCCN1c1cc(-c2cnc(/C=C\C(=N)C(F)F)[nH]2)nn1C.CC=O. The van der Waals surface area contributed by atoms with E-state index in [9.17, 15) is 8.78 Å². The van der Waals surface area contributed by atoms with Crippen molar-refractivity contribution in [3.05, 3.63) is 24.2 Å². The van der Waals surface area contributed by atoms with Gasteiger partial charge in [-0.3, -0.25) is 10.1 Å². The third kappa shape index (κ3) is 5.32. The fraction of sp³-hybridized carbons (Fsp3) is 0.444. The van der Waals surface area contributed by atoms with Crippen LogP contribution in [0.5, 0.6) is 0 Å². The number of aromatic amines is 1. The highest BCUT2D eigenvalue weighted by Crippen LogP contribution is 2.24. The van der Waals surface area contributed by atoms with Crippen LogP contribution in [0.2, 0.25) is 0 Å². The number of rotatable bonds is 5. The Morgan fingerprint density at radius 1 is 1.46 bits per heavy atom. The van der Waals surface area contributed by atoms with Crippen molar-refractivity contribution in [2.24, 2.45) is 7.05 Å². The number of aromatic nitrogens is 4. The standard InChI is InChI=1S/C16H21F2N7.C2H4O/c1-10-8-20-5-6-25(10)15-7-12(23-24(15)2)13-9-21-14(22-13)4-3-11(19)16(17)18;1-2-3/h3-4,7,9-10,16,19-20H,5-6,8H2,1-2H3,(H,21,22);2H,1H3/b4-3-,19-11?;. The molecule has 1 fully saturated rings. The minimum atomic E-state index is -2.79. The quantitative estimate of drug-likeness (QED) is 0.533. The first-order chi connectivity index (χ1) is 13.4. The second-order valence-corrected chi connectivity index (χ2v) is 6.27. The molecule has 1 saturated heterocycles. The van der Waals surface area contributed by atoms with Crippen molar-refractivity contribution >= 4 is 23.9 Å². The van der Waals surface area contributed by atoms with E-state index in [0.717, 1.165) is 43.5 Å². The van der Waals surface area contributed by atoms with Gasteiger partial charge in [0.05, 0.1) is 17.6 Å². The van der Waals surface area contributed by atoms with Gasteiger partial charge in [0.15, 0.2) is 0 Å². The maximum absolute atomic E-state index is 12.3. The van der Waals surface area contributed by atoms with E-state index in [1.807, 2.05) is 17.8 Å². The van der Waals surface area contributed by atoms with Gasteiger partial charge in [0.1, 0.15) is 23.6 Å². The number of halogens is 2. The Balaban J connectivity index is 0.000000878. The van der Waals surface area contributed by atoms with Gasteiger partial charge >= 0.3 is 0 Å². The summed E-state index contributed by atoms with van der Waals surface area (Å²) in [5.74, 6) is 1.43. The van der Waals surface area contributed by atoms with Crippen LogP contribution in [0.4, 0.5) is 14.6 Å². The van der Waals surface area contributed by atoms with Gasteiger partial charge in [0.2, 0.25) is 0 Å². The number of alkyl halides is 2. The molecule has 3 rings (SSSR count). The predicted molar refractivity (Wildman–Crippen MR) is 105 cm³/mol. The number of H-pyrrole nitrogens is 1. The van der Waals surface area contributed by atoms with Crippen molar-refractivity contribution < 1.29 is 13.6 Å². The third-order valence-corrected chi connectivity index (χ3v) is 4.18. The Morgan fingerprint density at radius 2 is 2.18 bits per heavy atom. The molecule has 28 heavy (non-hydrogen) atoms. The van der Waals surface area contributed by atoms with Gasteiger partial charge in [-0.05, 0) is 26.0 Å². The Labute approximate surface area is 162 Å². The summed E-state index contributed by atoms with van der Waals surface area (Å²) in [7, 11) is 1.90. The number of aryl methyl sites for hydroxylation is 1. The van der Waals surface area contributed by atoms with Crippen LogP contribution in [0, 0.1) is 5.41 Å². The van der Waals surface area contributed by atoms with Gasteiger partial charge in [-0.2, -0.15) is 5.10 Å². The molecule has 152 valence electrons. The molecule has 10 heteroatoms. The highest BCUT2D eigenvalue weighted by atomic mass is 19.3. The number of hydrogen-bond donors (Lipinski definition) is 3. The van der Waals surface area contributed by atoms with E-state index in [4.69, 9.17) is 10.2 Å². The number of nitrogens with zero attached hydrogens (tertiary/aromatic N) is 4. The van der Waals surface area contributed by atoms with Gasteiger partial charge in [-0.1, -0.05) is 0 Å². The van der Waals surface area contributed by atoms with Crippen molar-refractivity contribution in [3.8, 4) is 11.4 Å². The van der Waals surface area contributed by atoms with Gasteiger partial charge in [0, 0.05) is 38.8 Å². The monoisotopic (exact) mass is 393 g/mol. The minimum absolute atomic E-state index is 0.373. The zero-order chi connectivity index (χ0) is 20.7. The number of nitrogens with one attached hydrogen (secondary N) is 3. The minimum Gasteiger partial charge on any atom is -0.352 e. The maximum Gasteiger partial charge on any atom is 0.279 e. The number of piperazine rings is 1. The maximum atomic E-state index is 12.3. The Morgan fingerprint density at radius 3 is 2.82 bits per heavy atom. The molecule has 1 atom stereocenters. The molecule has 0 amide bonds. The van der Waals surface area contributed by atoms with Crippen molar-refractivity contribution in [2.45, 2.75) is 26.3 Å². The van der Waals surface area contributed by atoms with Crippen LogP contribution in [-0.4, -0.2) is 63.8 Å². The summed E-state index contributed by atoms with van der Waals surface area (Å²) >= 11 is 0. The van der Waals surface area contributed by atoms with Crippen LogP contribution in [0.1, 0.15) is 19.7 Å². The number of hydrogen-bond acceptors (Lipinski definition) is 6. The van der Waals surface area contributed by atoms with Crippen LogP contribution in [0.25, 0.3) is 17.5 Å². The van der Waals surface area contributed by atoms with E-state index in [0.29, 0.717) is 17.6 Å². The lowest BCUT2D eigenvalue weighted by atomic mass is 10.2. The topological polar surface area (TPSA) is 103 Å². The molecule has 3 heterocycles. The molecule has 1 unspecified atom stereocenters. The van der Waals surface area contributed by atoms with Crippen LogP contribution in [0.3, 0.4) is 0 Å². The van der Waals surface area contributed by atoms with Gasteiger partial charge < -0.3 is 20.0 Å². The Kier molecular flexibility index (Phi) is 7.56. The second-order valence-electron chi connectivity index (χ2n) is 6.27. The molecule has 0 spiro atoms. The number of imidazole rings is 1. The molecule has 1 aliphatic heterocycles. The average molecular weight is 393 g/mol. The molecule has 0 aliphatic carbocycles. The lowest BCUT2D eigenvalue weighted by Gasteiger charge is -2.35. The summed E-state index contributed by atoms with van der Waals surface area (Å²) in [6.45, 7) is 6.37. The number of allylic oxidation sites excluding steroid dienone is 1. The van der Waals surface area contributed by atoms with Gasteiger partial charge in [-0.25, -0.2) is 13.8 Å². The summed E-state index contributed by atoms with van der Waals surface area (Å²) in [6.07, 6.45) is 1.98. The fourth-order valence-corrected chi connectivity index (χ4v) is 2.83. The summed E-state index contributed by atoms with van der Waals surface area (Å²) in [6, 6.07) is 2.36. The number of carbonyl (C=O) groups is 1. The zero-order valence-electron chi connectivity index (χ0n) is 16.1. The van der Waals surface area contributed by atoms with Crippen molar-refractivity contribution in [3.63, 3.8) is 0 Å². The number of carbonyl (C=O) groups excluding carboxylic acids is 1. The Bertz CT molecular complexity index is 828. The lowest BCUT2D eigenvalue weighted by molar-refractivity contribution is -0.106. The molecule has 0 radical (unpaired) electrons. The molecule has 2 aromatic rings. The first-order valence-corrected chi connectivity index (χ1v) is 8.88. The largest absolute Gasteiger partial charge is 0.352 e. The van der Waals surface area contributed by atoms with E-state index in [1.165, 1.54) is 13.0 Å². The molecule has 1 aliphatic rings. The number of anilines is 1. The van der Waals surface area contributed by atoms with Crippen LogP contribution >= 0.6 is 0 Å². The summed E-state index contributed by atoms with van der Waals surface area (Å²) in [5, 5.41) is 15.0. The van der Waals surface area contributed by atoms with Gasteiger partial charge in [-0.15, -0.1) is 0 Å². The smallest absolute Gasteiger partial charge is 0.279 e. The summed E-state index contributed by atoms with van der Waals surface area (Å²) in [4.78, 5) is 18.3. The lowest BCUT2D eigenvalue weighted by Crippen LogP contribution is -2.50. The highest BCUT2D eigenvalue weighted by Gasteiger charge is 2.22. The van der Waals surface area contributed by atoms with E-state index in [1.54, 1.807) is 6.20 Å². The molecule has 2 aromatic heterocycles. The Hall–Kier alpha value is -2.88. The first-order valence-electron chi connectivity index (χ1n) is 8.88. The molecule has 3 N–H and O–H groups in total. The normalized spacial score (nSPS) is 16.9. The molecule has 0 aromatic carbocycles. The van der Waals surface area contributed by atoms with Crippen molar-refractivity contribution in [1.29, 1.82) is 5.41 Å². The van der Waals surface area contributed by atoms with E-state index in [-0.39, 0.29) is 0 Å². The second kappa shape index (κ2) is 9.88. The van der Waals surface area contributed by atoms with Gasteiger partial charge in [0.25, 0.3) is 6.43 Å². The predicted octanol–water partition coefficient (Wildman–Crippen LogP) is 2.11. The molecular formula is C18H25F2N7O. The fourth-order valence-electron chi connectivity index (χ4n) is 2.83. The zero-order valence-corrected chi connectivity index (χ0v) is 16.1. The highest BCUT2D eigenvalue weighted by molar-refractivity contribution is 5.97. The van der Waals surface area contributed by atoms with E-state index in [2.05, 4.69) is 32.2 Å². The summed E-state index contributed by atoms with van der Waals surface area (Å²) < 4.78 is 26.5. The summed E-state index contributed by atoms with van der Waals surface area (Å²) in [5.41, 5.74) is 0.693.